The highest BCUT2D eigenvalue weighted by atomic mass is 35.5. The number of methoxy groups -OCH3 is 1. The number of benzene rings is 1. The fourth-order valence-electron chi connectivity index (χ4n) is 1.66. The van der Waals surface area contributed by atoms with E-state index in [9.17, 15) is 0 Å². The van der Waals surface area contributed by atoms with Gasteiger partial charge in [-0.3, -0.25) is 0 Å². The van der Waals surface area contributed by atoms with Gasteiger partial charge < -0.3 is 15.8 Å². The Morgan fingerprint density at radius 1 is 1.37 bits per heavy atom. The summed E-state index contributed by atoms with van der Waals surface area (Å²) in [5.41, 5.74) is 6.77. The van der Waals surface area contributed by atoms with Gasteiger partial charge in [-0.1, -0.05) is 23.7 Å². The fraction of sp³-hybridized carbons (Fsp3) is 0.231. The van der Waals surface area contributed by atoms with Crippen molar-refractivity contribution in [3.63, 3.8) is 0 Å². The van der Waals surface area contributed by atoms with Gasteiger partial charge in [-0.05, 0) is 24.1 Å². The SMILES string of the molecule is COc1cccc(CCNc2ncnc(N)c2Cl)c1. The summed E-state index contributed by atoms with van der Waals surface area (Å²) >= 11 is 5.99. The van der Waals surface area contributed by atoms with Gasteiger partial charge in [-0.25, -0.2) is 9.97 Å². The van der Waals surface area contributed by atoms with E-state index in [4.69, 9.17) is 22.1 Å². The van der Waals surface area contributed by atoms with Gasteiger partial charge in [0.15, 0.2) is 0 Å². The Labute approximate surface area is 116 Å². The number of nitrogens with two attached hydrogens (primary N) is 1. The molecule has 0 aliphatic heterocycles. The van der Waals surface area contributed by atoms with Crippen molar-refractivity contribution in [1.29, 1.82) is 0 Å². The summed E-state index contributed by atoms with van der Waals surface area (Å²) in [6.45, 7) is 0.698. The maximum Gasteiger partial charge on any atom is 0.150 e. The molecule has 0 saturated heterocycles. The van der Waals surface area contributed by atoms with E-state index >= 15 is 0 Å². The number of aromatic nitrogens is 2. The molecule has 0 atom stereocenters. The summed E-state index contributed by atoms with van der Waals surface area (Å²) in [5, 5.41) is 3.49. The number of nitrogens with zero attached hydrogens (tertiary/aromatic N) is 2. The van der Waals surface area contributed by atoms with E-state index in [1.54, 1.807) is 7.11 Å². The first kappa shape index (κ1) is 13.4. The largest absolute Gasteiger partial charge is 0.497 e. The molecule has 1 aromatic carbocycles. The van der Waals surface area contributed by atoms with Gasteiger partial charge >= 0.3 is 0 Å². The normalized spacial score (nSPS) is 10.2. The molecule has 3 N–H and O–H groups in total. The lowest BCUT2D eigenvalue weighted by Gasteiger charge is -2.08. The molecule has 19 heavy (non-hydrogen) atoms. The second kappa shape index (κ2) is 6.24. The number of nitrogen functional groups attached to an aromatic ring is 1. The summed E-state index contributed by atoms with van der Waals surface area (Å²) < 4.78 is 5.18. The second-order valence-electron chi connectivity index (χ2n) is 3.95. The number of nitrogens with one attached hydrogen (secondary N) is 1. The Morgan fingerprint density at radius 2 is 2.21 bits per heavy atom. The van der Waals surface area contributed by atoms with Crippen LogP contribution in [0.1, 0.15) is 5.56 Å². The first-order valence-electron chi connectivity index (χ1n) is 5.83. The molecular formula is C13H15ClN4O. The van der Waals surface area contributed by atoms with Gasteiger partial charge in [0.05, 0.1) is 7.11 Å². The molecule has 0 saturated carbocycles. The lowest BCUT2D eigenvalue weighted by Crippen LogP contribution is -2.08. The Hall–Kier alpha value is -2.01. The van der Waals surface area contributed by atoms with Crippen LogP contribution < -0.4 is 15.8 Å². The minimum absolute atomic E-state index is 0.278. The van der Waals surface area contributed by atoms with Crippen molar-refractivity contribution >= 4 is 23.2 Å². The summed E-state index contributed by atoms with van der Waals surface area (Å²) in [7, 11) is 1.65. The van der Waals surface area contributed by atoms with Crippen LogP contribution in [0.25, 0.3) is 0 Å². The van der Waals surface area contributed by atoms with Gasteiger partial charge in [0, 0.05) is 6.54 Å². The van der Waals surface area contributed by atoms with Gasteiger partial charge in [-0.15, -0.1) is 0 Å². The topological polar surface area (TPSA) is 73.1 Å². The fourth-order valence-corrected chi connectivity index (χ4v) is 1.82. The van der Waals surface area contributed by atoms with Crippen molar-refractivity contribution in [2.75, 3.05) is 24.7 Å². The summed E-state index contributed by atoms with van der Waals surface area (Å²) in [6.07, 6.45) is 2.21. The van der Waals surface area contributed by atoms with Crippen LogP contribution in [0.2, 0.25) is 5.02 Å². The van der Waals surface area contributed by atoms with E-state index in [0.717, 1.165) is 12.2 Å². The van der Waals surface area contributed by atoms with Gasteiger partial charge in [0.1, 0.15) is 28.7 Å². The van der Waals surface area contributed by atoms with Crippen LogP contribution >= 0.6 is 11.6 Å². The van der Waals surface area contributed by atoms with Gasteiger partial charge in [0.25, 0.3) is 0 Å². The third kappa shape index (κ3) is 3.48. The molecule has 2 aromatic rings. The van der Waals surface area contributed by atoms with E-state index in [2.05, 4.69) is 15.3 Å². The summed E-state index contributed by atoms with van der Waals surface area (Å²) in [5.74, 6) is 1.68. The molecule has 0 bridgehead atoms. The Bertz CT molecular complexity index is 562. The molecule has 0 amide bonds. The number of anilines is 2. The van der Waals surface area contributed by atoms with E-state index in [-0.39, 0.29) is 5.82 Å². The highest BCUT2D eigenvalue weighted by molar-refractivity contribution is 6.35. The van der Waals surface area contributed by atoms with E-state index < -0.39 is 0 Å². The molecule has 0 aliphatic rings. The van der Waals surface area contributed by atoms with Crippen molar-refractivity contribution in [2.45, 2.75) is 6.42 Å². The quantitative estimate of drug-likeness (QED) is 0.878. The lowest BCUT2D eigenvalue weighted by atomic mass is 10.1. The number of rotatable bonds is 5. The maximum atomic E-state index is 5.99. The molecule has 1 heterocycles. The molecule has 0 spiro atoms. The Balaban J connectivity index is 1.94. The van der Waals surface area contributed by atoms with Crippen LogP contribution in [0.5, 0.6) is 5.75 Å². The molecule has 2 rings (SSSR count). The zero-order chi connectivity index (χ0) is 13.7. The van der Waals surface area contributed by atoms with E-state index in [1.165, 1.54) is 11.9 Å². The van der Waals surface area contributed by atoms with Crippen LogP contribution in [0.3, 0.4) is 0 Å². The van der Waals surface area contributed by atoms with Gasteiger partial charge in [0.2, 0.25) is 0 Å². The molecule has 0 radical (unpaired) electrons. The predicted molar refractivity (Wildman–Crippen MR) is 76.6 cm³/mol. The number of ether oxygens (including phenoxy) is 1. The average molecular weight is 279 g/mol. The third-order valence-corrected chi connectivity index (χ3v) is 3.03. The zero-order valence-corrected chi connectivity index (χ0v) is 11.3. The van der Waals surface area contributed by atoms with E-state index in [0.29, 0.717) is 17.4 Å². The predicted octanol–water partition coefficient (Wildman–Crippen LogP) is 2.38. The smallest absolute Gasteiger partial charge is 0.150 e. The van der Waals surface area contributed by atoms with E-state index in [1.807, 2.05) is 24.3 Å². The van der Waals surface area contributed by atoms with Crippen LogP contribution in [0.4, 0.5) is 11.6 Å². The number of hydrogen-bond donors (Lipinski definition) is 2. The summed E-state index contributed by atoms with van der Waals surface area (Å²) in [6, 6.07) is 7.92. The molecule has 0 unspecified atom stereocenters. The highest BCUT2D eigenvalue weighted by Crippen LogP contribution is 2.23. The molecule has 5 nitrogen and oxygen atoms in total. The zero-order valence-electron chi connectivity index (χ0n) is 10.6. The first-order valence-corrected chi connectivity index (χ1v) is 6.21. The average Bonchev–Trinajstić information content (AvgIpc) is 2.44. The Kier molecular flexibility index (Phi) is 4.41. The Morgan fingerprint density at radius 3 is 3.00 bits per heavy atom. The molecule has 100 valence electrons. The van der Waals surface area contributed by atoms with Crippen LogP contribution in [0.15, 0.2) is 30.6 Å². The van der Waals surface area contributed by atoms with Crippen molar-refractivity contribution < 1.29 is 4.74 Å². The summed E-state index contributed by atoms with van der Waals surface area (Å²) in [4.78, 5) is 7.85. The second-order valence-corrected chi connectivity index (χ2v) is 4.33. The van der Waals surface area contributed by atoms with Gasteiger partial charge in [-0.2, -0.15) is 0 Å². The standard InChI is InChI=1S/C13H15ClN4O/c1-19-10-4-2-3-9(7-10)5-6-16-13-11(14)12(15)17-8-18-13/h2-4,7-8H,5-6H2,1H3,(H3,15,16,17,18). The number of hydrogen-bond acceptors (Lipinski definition) is 5. The monoisotopic (exact) mass is 278 g/mol. The minimum Gasteiger partial charge on any atom is -0.497 e. The third-order valence-electron chi connectivity index (χ3n) is 2.66. The highest BCUT2D eigenvalue weighted by Gasteiger charge is 2.05. The van der Waals surface area contributed by atoms with Crippen LogP contribution in [-0.2, 0) is 6.42 Å². The first-order chi connectivity index (χ1) is 9.20. The van der Waals surface area contributed by atoms with Crippen molar-refractivity contribution in [1.82, 2.24) is 9.97 Å². The van der Waals surface area contributed by atoms with Crippen LogP contribution in [-0.4, -0.2) is 23.6 Å². The molecule has 1 aromatic heterocycles. The molecule has 0 aliphatic carbocycles. The van der Waals surface area contributed by atoms with Crippen molar-refractivity contribution in [3.05, 3.63) is 41.2 Å². The minimum atomic E-state index is 0.278. The molecule has 6 heteroatoms. The molecule has 0 fully saturated rings. The number of halogens is 1. The maximum absolute atomic E-state index is 5.99. The van der Waals surface area contributed by atoms with Crippen molar-refractivity contribution in [3.8, 4) is 5.75 Å². The van der Waals surface area contributed by atoms with Crippen molar-refractivity contribution in [2.24, 2.45) is 0 Å². The molecular weight excluding hydrogens is 264 g/mol. The lowest BCUT2D eigenvalue weighted by molar-refractivity contribution is 0.414. The van der Waals surface area contributed by atoms with Crippen LogP contribution in [0, 0.1) is 0 Å².